The molecule has 0 aromatic rings. The van der Waals surface area contributed by atoms with Crippen molar-refractivity contribution in [3.05, 3.63) is 0 Å². The molecule has 0 saturated heterocycles. The molecule has 2 aliphatic carbocycles. The van der Waals surface area contributed by atoms with E-state index in [1.165, 1.54) is 12.8 Å². The molecule has 2 saturated carbocycles. The van der Waals surface area contributed by atoms with E-state index in [-0.39, 0.29) is 30.3 Å². The topological polar surface area (TPSA) is 73.6 Å². The number of amides is 1. The molecular formula is C14H27ClN2O3. The number of carbonyl (C=O) groups is 1. The first-order chi connectivity index (χ1) is 9.24. The molecule has 5 nitrogen and oxygen atoms in total. The summed E-state index contributed by atoms with van der Waals surface area (Å²) in [7, 11) is 1.65. The maximum absolute atomic E-state index is 12.1. The summed E-state index contributed by atoms with van der Waals surface area (Å²) >= 11 is 0. The number of hydrogen-bond acceptors (Lipinski definition) is 4. The summed E-state index contributed by atoms with van der Waals surface area (Å²) in [6.07, 6.45) is 4.38. The summed E-state index contributed by atoms with van der Waals surface area (Å²) < 4.78 is 10.2. The molecule has 0 heterocycles. The van der Waals surface area contributed by atoms with Crippen LogP contribution in [-0.2, 0) is 14.3 Å². The zero-order chi connectivity index (χ0) is 13.7. The number of halogens is 1. The third-order valence-corrected chi connectivity index (χ3v) is 4.48. The van der Waals surface area contributed by atoms with Gasteiger partial charge in [0.25, 0.3) is 0 Å². The molecule has 1 amide bonds. The zero-order valence-electron chi connectivity index (χ0n) is 12.2. The molecule has 6 heteroatoms. The van der Waals surface area contributed by atoms with E-state index in [9.17, 15) is 4.79 Å². The number of nitrogens with one attached hydrogen (secondary N) is 1. The number of fused-ring (bicyclic) bond motifs is 2. The highest BCUT2D eigenvalue weighted by atomic mass is 35.5. The van der Waals surface area contributed by atoms with Crippen molar-refractivity contribution in [2.24, 2.45) is 23.5 Å². The molecule has 0 aromatic heterocycles. The Morgan fingerprint density at radius 1 is 1.25 bits per heavy atom. The summed E-state index contributed by atoms with van der Waals surface area (Å²) in [6.45, 7) is 2.56. The van der Waals surface area contributed by atoms with Gasteiger partial charge in [-0.15, -0.1) is 12.4 Å². The van der Waals surface area contributed by atoms with E-state index in [1.54, 1.807) is 7.11 Å². The molecule has 0 radical (unpaired) electrons. The fourth-order valence-electron chi connectivity index (χ4n) is 3.47. The molecule has 4 atom stereocenters. The number of ether oxygens (including phenoxy) is 2. The Morgan fingerprint density at radius 3 is 2.65 bits per heavy atom. The number of rotatable bonds is 8. The van der Waals surface area contributed by atoms with E-state index < -0.39 is 0 Å². The Balaban J connectivity index is 0.00000200. The second kappa shape index (κ2) is 8.82. The first kappa shape index (κ1) is 17.7. The molecule has 0 aliphatic heterocycles. The third-order valence-electron chi connectivity index (χ3n) is 4.48. The lowest BCUT2D eigenvalue weighted by molar-refractivity contribution is -0.127. The number of hydrogen-bond donors (Lipinski definition) is 2. The largest absolute Gasteiger partial charge is 0.382 e. The van der Waals surface area contributed by atoms with Crippen LogP contribution < -0.4 is 11.1 Å². The Hall–Kier alpha value is -0.360. The van der Waals surface area contributed by atoms with Gasteiger partial charge in [0.15, 0.2) is 0 Å². The minimum absolute atomic E-state index is 0. The number of carbonyl (C=O) groups excluding carboxylic acids is 1. The van der Waals surface area contributed by atoms with Crippen molar-refractivity contribution in [3.8, 4) is 0 Å². The van der Waals surface area contributed by atoms with Crippen LogP contribution in [0, 0.1) is 17.8 Å². The predicted molar refractivity (Wildman–Crippen MR) is 79.9 cm³/mol. The first-order valence-electron chi connectivity index (χ1n) is 7.34. The van der Waals surface area contributed by atoms with Gasteiger partial charge in [0.1, 0.15) is 0 Å². The SMILES string of the molecule is COCCOCCCNC(=O)C1C2CCC(C2)C1N.Cl. The van der Waals surface area contributed by atoms with Crippen LogP contribution in [0.4, 0.5) is 0 Å². The van der Waals surface area contributed by atoms with Crippen molar-refractivity contribution < 1.29 is 14.3 Å². The van der Waals surface area contributed by atoms with Gasteiger partial charge >= 0.3 is 0 Å². The highest BCUT2D eigenvalue weighted by molar-refractivity contribution is 5.85. The smallest absolute Gasteiger partial charge is 0.224 e. The quantitative estimate of drug-likeness (QED) is 0.655. The van der Waals surface area contributed by atoms with E-state index in [2.05, 4.69) is 5.32 Å². The highest BCUT2D eigenvalue weighted by Crippen LogP contribution is 2.47. The van der Waals surface area contributed by atoms with Crippen LogP contribution in [0.25, 0.3) is 0 Å². The standard InChI is InChI=1S/C14H26N2O3.ClH/c1-18-7-8-19-6-2-5-16-14(17)12-10-3-4-11(9-10)13(12)15;/h10-13H,2-9,15H2,1H3,(H,16,17);1H. The Morgan fingerprint density at radius 2 is 2.00 bits per heavy atom. The molecule has 0 spiro atoms. The normalized spacial score (nSPS) is 31.1. The lowest BCUT2D eigenvalue weighted by Gasteiger charge is -2.27. The molecular weight excluding hydrogens is 280 g/mol. The van der Waals surface area contributed by atoms with E-state index in [0.29, 0.717) is 38.2 Å². The van der Waals surface area contributed by atoms with E-state index in [1.807, 2.05) is 0 Å². The molecule has 2 bridgehead atoms. The molecule has 4 unspecified atom stereocenters. The van der Waals surface area contributed by atoms with Gasteiger partial charge in [0, 0.05) is 26.3 Å². The van der Waals surface area contributed by atoms with Crippen molar-refractivity contribution in [2.75, 3.05) is 33.5 Å². The second-order valence-electron chi connectivity index (χ2n) is 5.69. The van der Waals surface area contributed by atoms with Gasteiger partial charge in [-0.25, -0.2) is 0 Å². The van der Waals surface area contributed by atoms with Gasteiger partial charge < -0.3 is 20.5 Å². The number of nitrogens with two attached hydrogens (primary N) is 1. The summed E-state index contributed by atoms with van der Waals surface area (Å²) in [5, 5.41) is 3.00. The molecule has 2 aliphatic rings. The lowest BCUT2D eigenvalue weighted by Crippen LogP contribution is -2.45. The summed E-state index contributed by atoms with van der Waals surface area (Å²) in [5.74, 6) is 1.31. The van der Waals surface area contributed by atoms with Crippen molar-refractivity contribution in [3.63, 3.8) is 0 Å². The van der Waals surface area contributed by atoms with Crippen molar-refractivity contribution in [1.82, 2.24) is 5.32 Å². The van der Waals surface area contributed by atoms with Crippen LogP contribution in [-0.4, -0.2) is 45.4 Å². The fraction of sp³-hybridized carbons (Fsp3) is 0.929. The van der Waals surface area contributed by atoms with Crippen LogP contribution in [0.5, 0.6) is 0 Å². The first-order valence-corrected chi connectivity index (χ1v) is 7.34. The van der Waals surface area contributed by atoms with Gasteiger partial charge in [0.05, 0.1) is 19.1 Å². The fourth-order valence-corrected chi connectivity index (χ4v) is 3.47. The Kier molecular flexibility index (Phi) is 7.80. The minimum atomic E-state index is 0. The molecule has 118 valence electrons. The van der Waals surface area contributed by atoms with Gasteiger partial charge in [-0.1, -0.05) is 0 Å². The van der Waals surface area contributed by atoms with Gasteiger partial charge in [-0.05, 0) is 37.5 Å². The highest BCUT2D eigenvalue weighted by Gasteiger charge is 2.48. The second-order valence-corrected chi connectivity index (χ2v) is 5.69. The maximum atomic E-state index is 12.1. The summed E-state index contributed by atoms with van der Waals surface area (Å²) in [5.41, 5.74) is 6.15. The van der Waals surface area contributed by atoms with Crippen LogP contribution in [0.1, 0.15) is 25.7 Å². The third kappa shape index (κ3) is 4.32. The van der Waals surface area contributed by atoms with Gasteiger partial charge in [-0.2, -0.15) is 0 Å². The molecule has 2 rings (SSSR count). The average Bonchev–Trinajstić information content (AvgIpc) is 2.98. The monoisotopic (exact) mass is 306 g/mol. The minimum Gasteiger partial charge on any atom is -0.382 e. The Bertz CT molecular complexity index is 302. The van der Waals surface area contributed by atoms with E-state index in [0.717, 1.165) is 12.8 Å². The van der Waals surface area contributed by atoms with Crippen LogP contribution in [0.2, 0.25) is 0 Å². The number of methoxy groups -OCH3 is 1. The summed E-state index contributed by atoms with van der Waals surface area (Å²) in [6, 6.07) is 0.0803. The molecule has 2 fully saturated rings. The lowest BCUT2D eigenvalue weighted by atomic mass is 9.84. The Labute approximate surface area is 127 Å². The van der Waals surface area contributed by atoms with Crippen molar-refractivity contribution >= 4 is 18.3 Å². The molecule has 0 aromatic carbocycles. The molecule has 3 N–H and O–H groups in total. The predicted octanol–water partition coefficient (Wildman–Crippen LogP) is 0.951. The van der Waals surface area contributed by atoms with Crippen LogP contribution in [0.3, 0.4) is 0 Å². The van der Waals surface area contributed by atoms with Crippen molar-refractivity contribution in [1.29, 1.82) is 0 Å². The van der Waals surface area contributed by atoms with Crippen LogP contribution >= 0.6 is 12.4 Å². The van der Waals surface area contributed by atoms with Crippen LogP contribution in [0.15, 0.2) is 0 Å². The average molecular weight is 307 g/mol. The van der Waals surface area contributed by atoms with Gasteiger partial charge in [0.2, 0.25) is 5.91 Å². The van der Waals surface area contributed by atoms with Gasteiger partial charge in [-0.3, -0.25) is 4.79 Å². The van der Waals surface area contributed by atoms with E-state index in [4.69, 9.17) is 15.2 Å². The zero-order valence-corrected chi connectivity index (χ0v) is 13.0. The van der Waals surface area contributed by atoms with E-state index >= 15 is 0 Å². The van der Waals surface area contributed by atoms with Crippen molar-refractivity contribution in [2.45, 2.75) is 31.7 Å². The summed E-state index contributed by atoms with van der Waals surface area (Å²) in [4.78, 5) is 12.1. The maximum Gasteiger partial charge on any atom is 0.224 e. The molecule has 20 heavy (non-hydrogen) atoms.